The molecular formula is C54H26F3N7. The molecule has 2 heterocycles. The molecule has 0 fully saturated rings. The lowest BCUT2D eigenvalue weighted by Gasteiger charge is -2.22. The lowest BCUT2D eigenvalue weighted by atomic mass is 9.97. The first-order valence-corrected chi connectivity index (χ1v) is 19.8. The molecule has 0 aliphatic heterocycles. The third-order valence-corrected chi connectivity index (χ3v) is 11.6. The first-order valence-electron chi connectivity index (χ1n) is 19.8. The first-order chi connectivity index (χ1) is 31.1. The van der Waals surface area contributed by atoms with Crippen molar-refractivity contribution < 1.29 is 13.2 Å². The van der Waals surface area contributed by atoms with Crippen molar-refractivity contribution in [2.75, 3.05) is 0 Å². The second-order valence-electron chi connectivity index (χ2n) is 15.2. The number of hydrogen-bond donors (Lipinski definition) is 0. The average molecular weight is 830 g/mol. The highest BCUT2D eigenvalue weighted by Crippen LogP contribution is 2.46. The van der Waals surface area contributed by atoms with Crippen molar-refractivity contribution in [3.63, 3.8) is 0 Å². The number of rotatable bonds is 5. The quantitative estimate of drug-likeness (QED) is 0.162. The molecule has 0 spiro atoms. The van der Waals surface area contributed by atoms with E-state index in [1.165, 1.54) is 18.2 Å². The van der Waals surface area contributed by atoms with E-state index in [4.69, 9.17) is 13.1 Å². The van der Waals surface area contributed by atoms with Gasteiger partial charge in [0.05, 0.1) is 75.9 Å². The normalized spacial score (nSPS) is 11.3. The molecule has 0 radical (unpaired) electrons. The molecule has 298 valence electrons. The minimum atomic E-state index is -4.85. The smallest absolute Gasteiger partial charge is 0.309 e. The van der Waals surface area contributed by atoms with Crippen LogP contribution in [0.3, 0.4) is 0 Å². The van der Waals surface area contributed by atoms with Crippen LogP contribution in [0.15, 0.2) is 158 Å². The number of halogens is 3. The Balaban J connectivity index is 1.28. The van der Waals surface area contributed by atoms with Gasteiger partial charge in [0.2, 0.25) is 0 Å². The summed E-state index contributed by atoms with van der Waals surface area (Å²) in [7, 11) is 0. The molecule has 0 saturated carbocycles. The second-order valence-corrected chi connectivity index (χ2v) is 15.2. The zero-order valence-corrected chi connectivity index (χ0v) is 33.3. The SMILES string of the molecule is [C-]#[N+]c1cc(C#N)cc(-c2ccc3c(c2)c2ccccc2n3-c2cc(C(F)(F)F)c(-n3c4ccccc4c4cc(-c5cc(C#N)cc([N+]#[C-])c5)ccc43)cc2-c2cccc(C#N)c2)c1. The van der Waals surface area contributed by atoms with E-state index in [2.05, 4.69) is 27.9 Å². The van der Waals surface area contributed by atoms with Crippen LogP contribution in [-0.2, 0) is 6.18 Å². The van der Waals surface area contributed by atoms with Gasteiger partial charge in [-0.05, 0) is 125 Å². The molecule has 8 aromatic carbocycles. The molecule has 0 saturated heterocycles. The molecule has 10 heteroatoms. The number of nitriles is 3. The largest absolute Gasteiger partial charge is 0.418 e. The number of hydrogen-bond acceptors (Lipinski definition) is 3. The maximum atomic E-state index is 16.0. The van der Waals surface area contributed by atoms with Gasteiger partial charge in [-0.2, -0.15) is 29.0 Å². The van der Waals surface area contributed by atoms with Crippen LogP contribution in [0.5, 0.6) is 0 Å². The minimum absolute atomic E-state index is 0.120. The third kappa shape index (κ3) is 6.34. The zero-order chi connectivity index (χ0) is 44.3. The highest BCUT2D eigenvalue weighted by Gasteiger charge is 2.37. The van der Waals surface area contributed by atoms with E-state index in [0.717, 1.165) is 16.3 Å². The van der Waals surface area contributed by atoms with Crippen molar-refractivity contribution >= 4 is 55.0 Å². The van der Waals surface area contributed by atoms with Gasteiger partial charge in [0.25, 0.3) is 0 Å². The van der Waals surface area contributed by atoms with Crippen molar-refractivity contribution in [1.82, 2.24) is 9.13 Å². The van der Waals surface area contributed by atoms with Gasteiger partial charge >= 0.3 is 6.18 Å². The summed E-state index contributed by atoms with van der Waals surface area (Å²) in [6.45, 7) is 15.2. The lowest BCUT2D eigenvalue weighted by Crippen LogP contribution is -2.13. The summed E-state index contributed by atoms with van der Waals surface area (Å²) in [4.78, 5) is 7.08. The summed E-state index contributed by atoms with van der Waals surface area (Å²) >= 11 is 0. The Bertz CT molecular complexity index is 3790. The summed E-state index contributed by atoms with van der Waals surface area (Å²) in [6, 6.07) is 51.5. The molecule has 0 aliphatic rings. The molecule has 2 aromatic heterocycles. The molecule has 0 bridgehead atoms. The molecule has 10 aromatic rings. The van der Waals surface area contributed by atoms with Crippen LogP contribution in [0.1, 0.15) is 22.3 Å². The molecule has 10 rings (SSSR count). The first kappa shape index (κ1) is 38.8. The number of aromatic nitrogens is 2. The molecule has 0 unspecified atom stereocenters. The van der Waals surface area contributed by atoms with Crippen molar-refractivity contribution in [3.05, 3.63) is 203 Å². The Morgan fingerprint density at radius 1 is 0.422 bits per heavy atom. The Morgan fingerprint density at radius 2 is 0.906 bits per heavy atom. The maximum Gasteiger partial charge on any atom is 0.418 e. The monoisotopic (exact) mass is 829 g/mol. The van der Waals surface area contributed by atoms with Crippen molar-refractivity contribution in [2.24, 2.45) is 0 Å². The number of fused-ring (bicyclic) bond motifs is 6. The summed E-state index contributed by atoms with van der Waals surface area (Å²) in [5.74, 6) is 0. The minimum Gasteiger partial charge on any atom is -0.309 e. The van der Waals surface area contributed by atoms with Gasteiger partial charge in [-0.15, -0.1) is 0 Å². The van der Waals surface area contributed by atoms with E-state index < -0.39 is 11.7 Å². The Morgan fingerprint density at radius 3 is 1.41 bits per heavy atom. The van der Waals surface area contributed by atoms with E-state index >= 15 is 13.2 Å². The molecule has 0 atom stereocenters. The van der Waals surface area contributed by atoms with Gasteiger partial charge in [-0.3, -0.25) is 0 Å². The fraction of sp³-hybridized carbons (Fsp3) is 0.0185. The standard InChI is InChI=1S/C54H26F3N7/c1-61-40-21-33(30-59)19-38(23-40)35-14-16-50-45(25-35)42-10-3-5-12-48(42)63(50)52-28-47(54(55,56)57)53(27-44(52)37-9-7-8-32(18-37)29-58)64-49-13-6-4-11-43(49)46-26-36(15-17-51(46)64)39-20-34(31-60)22-41(24-39)62-2/h3-28H. The predicted octanol–water partition coefficient (Wildman–Crippen LogP) is 14.6. The van der Waals surface area contributed by atoms with Crippen LogP contribution < -0.4 is 0 Å². The van der Waals surface area contributed by atoms with E-state index in [1.807, 2.05) is 65.2 Å². The van der Waals surface area contributed by atoms with E-state index in [0.29, 0.717) is 88.7 Å². The summed E-state index contributed by atoms with van der Waals surface area (Å²) in [5, 5.41) is 32.3. The van der Waals surface area contributed by atoms with Crippen LogP contribution in [0.2, 0.25) is 0 Å². The van der Waals surface area contributed by atoms with Crippen molar-refractivity contribution in [2.45, 2.75) is 6.18 Å². The van der Waals surface area contributed by atoms with Crippen molar-refractivity contribution in [3.8, 4) is 63.0 Å². The topological polar surface area (TPSA) is 89.9 Å². The van der Waals surface area contributed by atoms with E-state index in [9.17, 15) is 15.8 Å². The Hall–Kier alpha value is -9.40. The van der Waals surface area contributed by atoms with Gasteiger partial charge in [0, 0.05) is 38.2 Å². The fourth-order valence-electron chi connectivity index (χ4n) is 8.80. The van der Waals surface area contributed by atoms with Gasteiger partial charge in [-0.25, -0.2) is 9.69 Å². The summed E-state index contributed by atoms with van der Waals surface area (Å²) in [6.07, 6.45) is -4.85. The van der Waals surface area contributed by atoms with E-state index in [1.54, 1.807) is 83.4 Å². The zero-order valence-electron chi connectivity index (χ0n) is 33.3. The molecule has 0 N–H and O–H groups in total. The van der Waals surface area contributed by atoms with Crippen molar-refractivity contribution in [1.29, 1.82) is 15.8 Å². The number of para-hydroxylation sites is 2. The Labute approximate surface area is 363 Å². The molecular weight excluding hydrogens is 804 g/mol. The number of nitrogens with zero attached hydrogens (tertiary/aromatic N) is 7. The Kier molecular flexibility index (Phi) is 9.06. The van der Waals surface area contributed by atoms with Gasteiger partial charge < -0.3 is 9.13 Å². The molecule has 64 heavy (non-hydrogen) atoms. The van der Waals surface area contributed by atoms with Crippen LogP contribution >= 0.6 is 0 Å². The highest BCUT2D eigenvalue weighted by atomic mass is 19.4. The number of alkyl halides is 3. The second kappa shape index (κ2) is 14.9. The van der Waals surface area contributed by atoms with Gasteiger partial charge in [0.1, 0.15) is 0 Å². The fourth-order valence-corrected chi connectivity index (χ4v) is 8.80. The third-order valence-electron chi connectivity index (χ3n) is 11.6. The van der Waals surface area contributed by atoms with Crippen LogP contribution in [-0.4, -0.2) is 9.13 Å². The maximum absolute atomic E-state index is 16.0. The van der Waals surface area contributed by atoms with Crippen LogP contribution in [0.4, 0.5) is 24.5 Å². The highest BCUT2D eigenvalue weighted by molar-refractivity contribution is 6.12. The van der Waals surface area contributed by atoms with Crippen LogP contribution in [0, 0.1) is 47.1 Å². The van der Waals surface area contributed by atoms with Gasteiger partial charge in [0.15, 0.2) is 11.4 Å². The summed E-state index contributed by atoms with van der Waals surface area (Å²) in [5.41, 5.74) is 6.80. The summed E-state index contributed by atoms with van der Waals surface area (Å²) < 4.78 is 51.4. The molecule has 7 nitrogen and oxygen atoms in total. The van der Waals surface area contributed by atoms with E-state index in [-0.39, 0.29) is 11.4 Å². The lowest BCUT2D eigenvalue weighted by molar-refractivity contribution is -0.137. The van der Waals surface area contributed by atoms with Crippen LogP contribution in [0.25, 0.3) is 98.1 Å². The predicted molar refractivity (Wildman–Crippen MR) is 243 cm³/mol. The molecule has 0 aliphatic carbocycles. The van der Waals surface area contributed by atoms with Gasteiger partial charge in [-0.1, -0.05) is 60.7 Å². The average Bonchev–Trinajstić information content (AvgIpc) is 3.84. The molecule has 0 amide bonds. The number of benzene rings is 8.